The number of hydrogen-bond acceptors (Lipinski definition) is 1. The molecule has 0 amide bonds. The van der Waals surface area contributed by atoms with Crippen molar-refractivity contribution in [2.24, 2.45) is 5.92 Å². The Morgan fingerprint density at radius 1 is 1.27 bits per heavy atom. The highest BCUT2D eigenvalue weighted by molar-refractivity contribution is 6.28. The van der Waals surface area contributed by atoms with Gasteiger partial charge in [-0.05, 0) is 24.3 Å². The number of alkyl halides is 1. The van der Waals surface area contributed by atoms with Gasteiger partial charge >= 0.3 is 0 Å². The fraction of sp³-hybridized carbons (Fsp3) is 0.462. The van der Waals surface area contributed by atoms with E-state index in [1.165, 1.54) is 5.56 Å². The molecule has 1 aromatic carbocycles. The molecule has 1 fully saturated rings. The molecule has 0 N–H and O–H groups in total. The minimum atomic E-state index is 0.157. The number of halogens is 1. The van der Waals surface area contributed by atoms with Crippen LogP contribution in [0.2, 0.25) is 0 Å². The van der Waals surface area contributed by atoms with Crippen LogP contribution in [0.1, 0.15) is 30.7 Å². The van der Waals surface area contributed by atoms with E-state index in [0.29, 0.717) is 5.92 Å². The molecule has 0 bridgehead atoms. The minimum Gasteiger partial charge on any atom is -0.298 e. The summed E-state index contributed by atoms with van der Waals surface area (Å²) in [5, 5.41) is 0. The zero-order chi connectivity index (χ0) is 10.7. The molecule has 2 atom stereocenters. The Kier molecular flexibility index (Phi) is 3.42. The Hall–Kier alpha value is -0.820. The second-order valence-corrected chi connectivity index (χ2v) is 4.42. The van der Waals surface area contributed by atoms with Crippen LogP contribution in [0, 0.1) is 5.92 Å². The van der Waals surface area contributed by atoms with E-state index in [2.05, 4.69) is 12.1 Å². The average molecular weight is 223 g/mol. The van der Waals surface area contributed by atoms with Gasteiger partial charge in [-0.2, -0.15) is 0 Å². The molecule has 80 valence electrons. The van der Waals surface area contributed by atoms with Gasteiger partial charge in [-0.1, -0.05) is 36.8 Å². The topological polar surface area (TPSA) is 17.1 Å². The molecule has 2 heteroatoms. The molecule has 0 aromatic heterocycles. The first-order valence-corrected chi connectivity index (χ1v) is 6.00. The largest absolute Gasteiger partial charge is 0.298 e. The van der Waals surface area contributed by atoms with Gasteiger partial charge in [0.15, 0.2) is 5.78 Å². The van der Waals surface area contributed by atoms with Crippen molar-refractivity contribution in [2.75, 3.05) is 5.88 Å². The number of rotatable bonds is 3. The van der Waals surface area contributed by atoms with Gasteiger partial charge < -0.3 is 0 Å². The predicted octanol–water partition coefficient (Wildman–Crippen LogP) is 3.38. The van der Waals surface area contributed by atoms with E-state index in [0.717, 1.165) is 19.3 Å². The zero-order valence-electron chi connectivity index (χ0n) is 8.66. The second-order valence-electron chi connectivity index (χ2n) is 4.15. The molecule has 0 heterocycles. The molecule has 15 heavy (non-hydrogen) atoms. The maximum Gasteiger partial charge on any atom is 0.151 e. The van der Waals surface area contributed by atoms with Crippen LogP contribution in [0.3, 0.4) is 0 Å². The molecule has 0 spiro atoms. The Morgan fingerprint density at radius 3 is 2.67 bits per heavy atom. The summed E-state index contributed by atoms with van der Waals surface area (Å²) in [5.74, 6) is 0.930. The third kappa shape index (κ3) is 2.23. The standard InChI is InChI=1S/C13H15ClO/c14-9-13(15)12-8-4-7-11(12)10-5-2-1-3-6-10/h1-3,5-6,11-12H,4,7-9H2/t11-,12-/m0/s1. The van der Waals surface area contributed by atoms with E-state index in [-0.39, 0.29) is 17.6 Å². The van der Waals surface area contributed by atoms with Crippen LogP contribution in [0.5, 0.6) is 0 Å². The third-order valence-corrected chi connectivity index (χ3v) is 3.55. The second kappa shape index (κ2) is 4.80. The lowest BCUT2D eigenvalue weighted by atomic mass is 9.87. The highest BCUT2D eigenvalue weighted by Gasteiger charge is 2.32. The van der Waals surface area contributed by atoms with E-state index in [1.807, 2.05) is 18.2 Å². The van der Waals surface area contributed by atoms with Crippen LogP contribution in [0.15, 0.2) is 30.3 Å². The smallest absolute Gasteiger partial charge is 0.151 e. The monoisotopic (exact) mass is 222 g/mol. The van der Waals surface area contributed by atoms with Gasteiger partial charge in [0, 0.05) is 5.92 Å². The van der Waals surface area contributed by atoms with Crippen LogP contribution < -0.4 is 0 Å². The summed E-state index contributed by atoms with van der Waals surface area (Å²) in [7, 11) is 0. The summed E-state index contributed by atoms with van der Waals surface area (Å²) in [6.45, 7) is 0. The van der Waals surface area contributed by atoms with Crippen LogP contribution >= 0.6 is 11.6 Å². The first kappa shape index (κ1) is 10.7. The normalized spacial score (nSPS) is 25.4. The molecule has 1 aliphatic carbocycles. The summed E-state index contributed by atoms with van der Waals surface area (Å²) in [6, 6.07) is 10.3. The summed E-state index contributed by atoms with van der Waals surface area (Å²) >= 11 is 5.64. The van der Waals surface area contributed by atoms with Gasteiger partial charge in [-0.15, -0.1) is 11.6 Å². The summed E-state index contributed by atoms with van der Waals surface area (Å²) in [4.78, 5) is 11.7. The average Bonchev–Trinajstić information content (AvgIpc) is 2.78. The van der Waals surface area contributed by atoms with Crippen LogP contribution in [-0.2, 0) is 4.79 Å². The molecular formula is C13H15ClO. The van der Waals surface area contributed by atoms with Crippen molar-refractivity contribution < 1.29 is 4.79 Å². The number of hydrogen-bond donors (Lipinski definition) is 0. The fourth-order valence-corrected chi connectivity index (χ4v) is 2.74. The van der Waals surface area contributed by atoms with Crippen LogP contribution in [0.4, 0.5) is 0 Å². The lowest BCUT2D eigenvalue weighted by molar-refractivity contribution is -0.120. The van der Waals surface area contributed by atoms with Crippen LogP contribution in [-0.4, -0.2) is 11.7 Å². The molecule has 1 aliphatic rings. The Labute approximate surface area is 95.4 Å². The Balaban J connectivity index is 2.18. The van der Waals surface area contributed by atoms with Gasteiger partial charge in [0.1, 0.15) is 0 Å². The number of ketones is 1. The van der Waals surface area contributed by atoms with Gasteiger partial charge in [-0.3, -0.25) is 4.79 Å². The van der Waals surface area contributed by atoms with E-state index < -0.39 is 0 Å². The molecule has 0 aliphatic heterocycles. The molecule has 2 rings (SSSR count). The number of Topliss-reactive ketones (excluding diaryl/α,β-unsaturated/α-hetero) is 1. The summed E-state index contributed by atoms with van der Waals surface area (Å²) < 4.78 is 0. The number of carbonyl (C=O) groups excluding carboxylic acids is 1. The van der Waals surface area contributed by atoms with Crippen molar-refractivity contribution >= 4 is 17.4 Å². The molecule has 1 nitrogen and oxygen atoms in total. The lowest BCUT2D eigenvalue weighted by Crippen LogP contribution is -2.18. The van der Waals surface area contributed by atoms with Gasteiger partial charge in [0.2, 0.25) is 0 Å². The van der Waals surface area contributed by atoms with Crippen molar-refractivity contribution in [3.05, 3.63) is 35.9 Å². The molecular weight excluding hydrogens is 208 g/mol. The van der Waals surface area contributed by atoms with Crippen LogP contribution in [0.25, 0.3) is 0 Å². The Bertz CT molecular complexity index is 334. The number of benzene rings is 1. The van der Waals surface area contributed by atoms with Crippen molar-refractivity contribution in [1.29, 1.82) is 0 Å². The first-order chi connectivity index (χ1) is 7.33. The van der Waals surface area contributed by atoms with Crippen molar-refractivity contribution in [2.45, 2.75) is 25.2 Å². The van der Waals surface area contributed by atoms with E-state index in [4.69, 9.17) is 11.6 Å². The van der Waals surface area contributed by atoms with E-state index in [1.54, 1.807) is 0 Å². The molecule has 0 unspecified atom stereocenters. The molecule has 1 saturated carbocycles. The van der Waals surface area contributed by atoms with Gasteiger partial charge in [-0.25, -0.2) is 0 Å². The SMILES string of the molecule is O=C(CCl)[C@H]1CCC[C@H]1c1ccccc1. The number of carbonyl (C=O) groups is 1. The highest BCUT2D eigenvalue weighted by Crippen LogP contribution is 2.40. The van der Waals surface area contributed by atoms with E-state index >= 15 is 0 Å². The predicted molar refractivity (Wildman–Crippen MR) is 62.3 cm³/mol. The summed E-state index contributed by atoms with van der Waals surface area (Å²) in [6.07, 6.45) is 3.27. The molecule has 0 radical (unpaired) electrons. The summed E-state index contributed by atoms with van der Waals surface area (Å²) in [5.41, 5.74) is 1.29. The third-order valence-electron chi connectivity index (χ3n) is 3.29. The first-order valence-electron chi connectivity index (χ1n) is 5.46. The van der Waals surface area contributed by atoms with E-state index in [9.17, 15) is 4.79 Å². The van der Waals surface area contributed by atoms with Crippen molar-refractivity contribution in [3.8, 4) is 0 Å². The molecule has 1 aromatic rings. The quantitative estimate of drug-likeness (QED) is 0.717. The lowest BCUT2D eigenvalue weighted by Gasteiger charge is -2.17. The minimum absolute atomic E-state index is 0.157. The van der Waals surface area contributed by atoms with Crippen molar-refractivity contribution in [1.82, 2.24) is 0 Å². The zero-order valence-corrected chi connectivity index (χ0v) is 9.41. The maximum atomic E-state index is 11.7. The molecule has 0 saturated heterocycles. The van der Waals surface area contributed by atoms with Gasteiger partial charge in [0.25, 0.3) is 0 Å². The highest BCUT2D eigenvalue weighted by atomic mass is 35.5. The fourth-order valence-electron chi connectivity index (χ4n) is 2.54. The Morgan fingerprint density at radius 2 is 2.00 bits per heavy atom. The van der Waals surface area contributed by atoms with Gasteiger partial charge in [0.05, 0.1) is 5.88 Å². The van der Waals surface area contributed by atoms with Crippen molar-refractivity contribution in [3.63, 3.8) is 0 Å². The maximum absolute atomic E-state index is 11.7.